The van der Waals surface area contributed by atoms with Crippen molar-refractivity contribution in [2.24, 2.45) is 0 Å². The fourth-order valence-electron chi connectivity index (χ4n) is 1.12. The highest BCUT2D eigenvalue weighted by molar-refractivity contribution is 6.34. The van der Waals surface area contributed by atoms with E-state index in [0.29, 0.717) is 0 Å². The van der Waals surface area contributed by atoms with Crippen molar-refractivity contribution in [1.29, 1.82) is 15.8 Å². The van der Waals surface area contributed by atoms with E-state index in [4.69, 9.17) is 27.4 Å². The molecular weight excluding hydrogens is 226 g/mol. The molecule has 0 aliphatic carbocycles. The molecule has 0 N–H and O–H groups in total. The quantitative estimate of drug-likeness (QED) is 0.735. The van der Waals surface area contributed by atoms with Crippen LogP contribution in [0, 0.1) is 34.0 Å². The minimum Gasteiger partial charge on any atom is -0.329 e. The van der Waals surface area contributed by atoms with Crippen LogP contribution < -0.4 is 4.90 Å². The van der Waals surface area contributed by atoms with Crippen LogP contribution in [0.1, 0.15) is 5.56 Å². The first-order valence-electron chi connectivity index (χ1n) is 4.28. The van der Waals surface area contributed by atoms with E-state index in [1.54, 1.807) is 0 Å². The molecule has 1 aromatic heterocycles. The lowest BCUT2D eigenvalue weighted by atomic mass is 10.2. The molecule has 0 radical (unpaired) electrons. The normalized spacial score (nSPS) is 8.62. The van der Waals surface area contributed by atoms with Crippen LogP contribution in [-0.2, 0) is 0 Å². The van der Waals surface area contributed by atoms with E-state index in [-0.39, 0.29) is 29.5 Å². The Kier molecular flexibility index (Phi) is 4.09. The molecule has 1 heterocycles. The number of anilines is 1. The number of nitrogens with zero attached hydrogens (tertiary/aromatic N) is 5. The van der Waals surface area contributed by atoms with Gasteiger partial charge in [-0.15, -0.1) is 0 Å². The Labute approximate surface area is 97.7 Å². The maximum absolute atomic E-state index is 8.77. The maximum atomic E-state index is 8.77. The van der Waals surface area contributed by atoms with Crippen LogP contribution in [0.3, 0.4) is 0 Å². The van der Waals surface area contributed by atoms with Gasteiger partial charge in [-0.05, 0) is 6.07 Å². The number of nitriles is 3. The second-order valence-electron chi connectivity index (χ2n) is 2.78. The van der Waals surface area contributed by atoms with Crippen LogP contribution >= 0.6 is 11.6 Å². The maximum Gasteiger partial charge on any atom is 0.150 e. The number of pyridine rings is 1. The largest absolute Gasteiger partial charge is 0.329 e. The number of rotatable bonds is 3. The van der Waals surface area contributed by atoms with Crippen LogP contribution in [0.15, 0.2) is 12.3 Å². The van der Waals surface area contributed by atoms with Gasteiger partial charge < -0.3 is 4.90 Å². The minimum absolute atomic E-state index is 0.00480. The Hall–Kier alpha value is -2.29. The monoisotopic (exact) mass is 231 g/mol. The molecule has 0 aromatic carbocycles. The summed E-state index contributed by atoms with van der Waals surface area (Å²) in [5.74, 6) is 0.281. The summed E-state index contributed by atoms with van der Waals surface area (Å²) in [6.07, 6.45) is 1.42. The van der Waals surface area contributed by atoms with Gasteiger partial charge in [0.15, 0.2) is 0 Å². The molecule has 0 saturated carbocycles. The highest BCUT2D eigenvalue weighted by atomic mass is 35.5. The first kappa shape index (κ1) is 11.8. The molecule has 1 rings (SSSR count). The molecule has 1 aromatic rings. The third-order valence-electron chi connectivity index (χ3n) is 1.81. The fourth-order valence-corrected chi connectivity index (χ4v) is 1.39. The zero-order chi connectivity index (χ0) is 12.0. The van der Waals surface area contributed by atoms with Crippen molar-refractivity contribution in [2.75, 3.05) is 18.0 Å². The van der Waals surface area contributed by atoms with E-state index in [2.05, 4.69) is 4.98 Å². The Balaban J connectivity index is 3.17. The predicted octanol–water partition coefficient (Wildman–Crippen LogP) is 1.46. The average molecular weight is 232 g/mol. The Morgan fingerprint density at radius 2 is 1.88 bits per heavy atom. The van der Waals surface area contributed by atoms with E-state index < -0.39 is 0 Å². The highest BCUT2D eigenvalue weighted by Gasteiger charge is 2.14. The Bertz CT molecular complexity index is 489. The van der Waals surface area contributed by atoms with Crippen molar-refractivity contribution in [3.63, 3.8) is 0 Å². The zero-order valence-electron chi connectivity index (χ0n) is 8.18. The van der Waals surface area contributed by atoms with Gasteiger partial charge in [0, 0.05) is 6.20 Å². The average Bonchev–Trinajstić information content (AvgIpc) is 2.29. The molecule has 5 nitrogen and oxygen atoms in total. The van der Waals surface area contributed by atoms with E-state index in [1.807, 2.05) is 18.2 Å². The first-order chi connectivity index (χ1) is 7.74. The summed E-state index contributed by atoms with van der Waals surface area (Å²) in [6, 6.07) is 7.20. The van der Waals surface area contributed by atoms with Gasteiger partial charge in [-0.2, -0.15) is 15.8 Å². The third kappa shape index (κ3) is 2.39. The summed E-state index contributed by atoms with van der Waals surface area (Å²) in [5.41, 5.74) is 0.271. The molecule has 16 heavy (non-hydrogen) atoms. The number of halogens is 1. The van der Waals surface area contributed by atoms with Crippen LogP contribution in [0.5, 0.6) is 0 Å². The molecule has 78 valence electrons. The summed E-state index contributed by atoms with van der Waals surface area (Å²) < 4.78 is 0. The topological polar surface area (TPSA) is 87.5 Å². The van der Waals surface area contributed by atoms with Crippen molar-refractivity contribution < 1.29 is 0 Å². The van der Waals surface area contributed by atoms with Crippen molar-refractivity contribution in [1.82, 2.24) is 4.98 Å². The SMILES string of the molecule is N#CCN(CC#N)c1nccc(C#N)c1Cl. The molecule has 0 aliphatic rings. The minimum atomic E-state index is -0.00480. The second-order valence-corrected chi connectivity index (χ2v) is 3.16. The number of hydrogen-bond acceptors (Lipinski definition) is 5. The van der Waals surface area contributed by atoms with Gasteiger partial charge in [-0.3, -0.25) is 0 Å². The molecule has 0 aliphatic heterocycles. The van der Waals surface area contributed by atoms with Gasteiger partial charge in [0.1, 0.15) is 30.0 Å². The smallest absolute Gasteiger partial charge is 0.150 e. The van der Waals surface area contributed by atoms with Gasteiger partial charge in [0.05, 0.1) is 17.7 Å². The summed E-state index contributed by atoms with van der Waals surface area (Å²) in [5, 5.41) is 26.1. The summed E-state index contributed by atoms with van der Waals surface area (Å²) in [4.78, 5) is 5.37. The highest BCUT2D eigenvalue weighted by Crippen LogP contribution is 2.25. The van der Waals surface area contributed by atoms with Crippen LogP contribution in [0.25, 0.3) is 0 Å². The van der Waals surface area contributed by atoms with Crippen molar-refractivity contribution >= 4 is 17.4 Å². The molecule has 0 fully saturated rings. The van der Waals surface area contributed by atoms with Crippen molar-refractivity contribution in [2.45, 2.75) is 0 Å². The molecule has 6 heteroatoms. The van der Waals surface area contributed by atoms with E-state index in [0.717, 1.165) is 0 Å². The third-order valence-corrected chi connectivity index (χ3v) is 2.19. The second kappa shape index (κ2) is 5.56. The van der Waals surface area contributed by atoms with Crippen LogP contribution in [0.2, 0.25) is 5.02 Å². The van der Waals surface area contributed by atoms with Crippen LogP contribution in [0.4, 0.5) is 5.82 Å². The van der Waals surface area contributed by atoms with E-state index in [1.165, 1.54) is 17.2 Å². The van der Waals surface area contributed by atoms with E-state index in [9.17, 15) is 0 Å². The zero-order valence-corrected chi connectivity index (χ0v) is 8.94. The fraction of sp³-hybridized carbons (Fsp3) is 0.200. The molecule has 0 bridgehead atoms. The molecule has 0 unspecified atom stereocenters. The Morgan fingerprint density at radius 1 is 1.25 bits per heavy atom. The Morgan fingerprint density at radius 3 is 2.38 bits per heavy atom. The lowest BCUT2D eigenvalue weighted by Crippen LogP contribution is -2.25. The molecule has 0 saturated heterocycles. The summed E-state index contributed by atoms with van der Waals surface area (Å²) in [6.45, 7) is -0.00960. The van der Waals surface area contributed by atoms with E-state index >= 15 is 0 Å². The lowest BCUT2D eigenvalue weighted by Gasteiger charge is -2.18. The van der Waals surface area contributed by atoms with Gasteiger partial charge in [0.25, 0.3) is 0 Å². The predicted molar refractivity (Wildman–Crippen MR) is 57.4 cm³/mol. The standard InChI is InChI=1S/C10H6ClN5/c11-9-8(7-14)1-4-15-10(9)16(5-2-12)6-3-13/h1,4H,5-6H2. The molecule has 0 atom stereocenters. The molecular formula is C10H6ClN5. The lowest BCUT2D eigenvalue weighted by molar-refractivity contribution is 0.935. The molecule has 0 amide bonds. The molecule has 0 spiro atoms. The number of hydrogen-bond donors (Lipinski definition) is 0. The van der Waals surface area contributed by atoms with Gasteiger partial charge in [-0.25, -0.2) is 4.98 Å². The van der Waals surface area contributed by atoms with Gasteiger partial charge in [-0.1, -0.05) is 11.6 Å². The summed E-state index contributed by atoms with van der Waals surface area (Å²) >= 11 is 5.93. The van der Waals surface area contributed by atoms with Crippen molar-refractivity contribution in [3.8, 4) is 18.2 Å². The van der Waals surface area contributed by atoms with Gasteiger partial charge >= 0.3 is 0 Å². The first-order valence-corrected chi connectivity index (χ1v) is 4.65. The van der Waals surface area contributed by atoms with Crippen molar-refractivity contribution in [3.05, 3.63) is 22.8 Å². The number of aromatic nitrogens is 1. The van der Waals surface area contributed by atoms with Gasteiger partial charge in [0.2, 0.25) is 0 Å². The van der Waals surface area contributed by atoms with Crippen LogP contribution in [-0.4, -0.2) is 18.1 Å². The summed E-state index contributed by atoms with van der Waals surface area (Å²) in [7, 11) is 0.